The van der Waals surface area contributed by atoms with Crippen molar-refractivity contribution in [2.75, 3.05) is 24.6 Å². The SMILES string of the molecule is C[C@@H]1OCC2(CCN(c3cnc(Sc4ccc5nn(C)cc5c4Cl)cn3)CC2)[C@@H]1NC(=O)OC(C)(C)C. The maximum absolute atomic E-state index is 12.5. The van der Waals surface area contributed by atoms with Crippen LogP contribution in [-0.2, 0) is 16.5 Å². The molecule has 11 heteroatoms. The number of carbonyl (C=O) groups excluding carboxylic acids is 1. The van der Waals surface area contributed by atoms with Crippen LogP contribution in [0.4, 0.5) is 10.6 Å². The van der Waals surface area contributed by atoms with Gasteiger partial charge in [0.05, 0.1) is 41.7 Å². The molecule has 2 aliphatic heterocycles. The van der Waals surface area contributed by atoms with Gasteiger partial charge in [-0.1, -0.05) is 23.4 Å². The van der Waals surface area contributed by atoms with Crippen LogP contribution in [0, 0.1) is 5.41 Å². The zero-order valence-corrected chi connectivity index (χ0v) is 23.4. The molecule has 2 aromatic heterocycles. The molecule has 2 saturated heterocycles. The lowest BCUT2D eigenvalue weighted by molar-refractivity contribution is 0.0434. The fraction of sp³-hybridized carbons (Fsp3) is 0.538. The quantitative estimate of drug-likeness (QED) is 0.486. The van der Waals surface area contributed by atoms with Gasteiger partial charge in [-0.25, -0.2) is 14.8 Å². The van der Waals surface area contributed by atoms with Gasteiger partial charge in [0.1, 0.15) is 16.4 Å². The molecule has 2 atom stereocenters. The molecule has 9 nitrogen and oxygen atoms in total. The van der Waals surface area contributed by atoms with E-state index in [2.05, 4.69) is 20.3 Å². The molecule has 1 amide bonds. The van der Waals surface area contributed by atoms with Gasteiger partial charge in [-0.05, 0) is 52.7 Å². The Hall–Kier alpha value is -2.56. The highest BCUT2D eigenvalue weighted by Gasteiger charge is 2.50. The van der Waals surface area contributed by atoms with Crippen LogP contribution in [0.25, 0.3) is 10.9 Å². The third kappa shape index (κ3) is 5.51. The predicted molar refractivity (Wildman–Crippen MR) is 144 cm³/mol. The number of amides is 1. The lowest BCUT2D eigenvalue weighted by Crippen LogP contribution is -2.55. The molecule has 1 spiro atoms. The number of benzene rings is 1. The topological polar surface area (TPSA) is 94.4 Å². The summed E-state index contributed by atoms with van der Waals surface area (Å²) in [5.41, 5.74) is 0.216. The van der Waals surface area contributed by atoms with E-state index in [1.165, 1.54) is 11.8 Å². The van der Waals surface area contributed by atoms with Crippen molar-refractivity contribution in [3.8, 4) is 0 Å². The third-order valence-electron chi connectivity index (χ3n) is 7.05. The van der Waals surface area contributed by atoms with E-state index in [0.29, 0.717) is 11.6 Å². The number of hydrogen-bond donors (Lipinski definition) is 1. The highest BCUT2D eigenvalue weighted by molar-refractivity contribution is 7.99. The number of piperidine rings is 1. The normalized spacial score (nSPS) is 21.5. The second-order valence-electron chi connectivity index (χ2n) is 10.9. The minimum atomic E-state index is -0.538. The van der Waals surface area contributed by atoms with E-state index in [-0.39, 0.29) is 17.6 Å². The molecule has 0 unspecified atom stereocenters. The van der Waals surface area contributed by atoms with Gasteiger partial charge < -0.3 is 19.7 Å². The van der Waals surface area contributed by atoms with Crippen LogP contribution in [0.15, 0.2) is 40.6 Å². The predicted octanol–water partition coefficient (Wildman–Crippen LogP) is 5.07. The fourth-order valence-electron chi connectivity index (χ4n) is 5.20. The Kier molecular flexibility index (Phi) is 7.02. The first kappa shape index (κ1) is 26.1. The molecule has 0 saturated carbocycles. The standard InChI is InChI=1S/C26H33ClN6O3S/c1-16-23(30-24(34)36-25(2,3)4)26(15-35-16)8-10-33(11-9-26)20-12-29-21(13-28-20)37-19-7-6-18-17(22(19)27)14-32(5)31-18/h6-7,12-14,16,23H,8-11,15H2,1-5H3,(H,30,34)/t16-,23+/m0/s1. The van der Waals surface area contributed by atoms with E-state index in [0.717, 1.165) is 52.6 Å². The second-order valence-corrected chi connectivity index (χ2v) is 12.4. The molecule has 3 aromatic rings. The van der Waals surface area contributed by atoms with Gasteiger partial charge in [-0.15, -0.1) is 0 Å². The summed E-state index contributed by atoms with van der Waals surface area (Å²) in [6.07, 6.45) is 6.85. The Morgan fingerprint density at radius 2 is 2.00 bits per heavy atom. The summed E-state index contributed by atoms with van der Waals surface area (Å²) in [5.74, 6) is 0.844. The molecule has 0 radical (unpaired) electrons. The molecule has 1 N–H and O–H groups in total. The van der Waals surface area contributed by atoms with Gasteiger partial charge in [0.2, 0.25) is 0 Å². The van der Waals surface area contributed by atoms with Crippen molar-refractivity contribution in [3.63, 3.8) is 0 Å². The number of nitrogens with one attached hydrogen (secondary N) is 1. The summed E-state index contributed by atoms with van der Waals surface area (Å²) >= 11 is 8.12. The first-order chi connectivity index (χ1) is 17.5. The van der Waals surface area contributed by atoms with Crippen LogP contribution in [0.5, 0.6) is 0 Å². The Balaban J connectivity index is 1.22. The molecular formula is C26H33ClN6O3S. The first-order valence-corrected chi connectivity index (χ1v) is 13.7. The summed E-state index contributed by atoms with van der Waals surface area (Å²) in [7, 11) is 1.88. The number of hydrogen-bond acceptors (Lipinski definition) is 8. The Bertz CT molecular complexity index is 1280. The maximum atomic E-state index is 12.5. The lowest BCUT2D eigenvalue weighted by Gasteiger charge is -2.42. The van der Waals surface area contributed by atoms with Crippen LogP contribution in [-0.4, -0.2) is 63.3 Å². The minimum Gasteiger partial charge on any atom is -0.444 e. The molecule has 4 heterocycles. The van der Waals surface area contributed by atoms with Gasteiger partial charge in [0.15, 0.2) is 0 Å². The molecule has 0 aliphatic carbocycles. The summed E-state index contributed by atoms with van der Waals surface area (Å²) in [4.78, 5) is 25.0. The Labute approximate surface area is 226 Å². The molecule has 2 fully saturated rings. The average Bonchev–Trinajstić information content (AvgIpc) is 3.36. The van der Waals surface area contributed by atoms with E-state index >= 15 is 0 Å². The van der Waals surface area contributed by atoms with Gasteiger partial charge in [0, 0.05) is 42.0 Å². The summed E-state index contributed by atoms with van der Waals surface area (Å²) in [6.45, 7) is 9.88. The monoisotopic (exact) mass is 544 g/mol. The van der Waals surface area contributed by atoms with Crippen molar-refractivity contribution < 1.29 is 14.3 Å². The summed E-state index contributed by atoms with van der Waals surface area (Å²) < 4.78 is 13.3. The summed E-state index contributed by atoms with van der Waals surface area (Å²) in [5, 5.41) is 9.87. The molecule has 2 aliphatic rings. The van der Waals surface area contributed by atoms with Gasteiger partial charge in [-0.3, -0.25) is 4.68 Å². The maximum Gasteiger partial charge on any atom is 0.407 e. The Morgan fingerprint density at radius 3 is 2.68 bits per heavy atom. The number of ether oxygens (including phenoxy) is 2. The number of alkyl carbamates (subject to hydrolysis) is 1. The largest absolute Gasteiger partial charge is 0.444 e. The second kappa shape index (κ2) is 9.96. The molecule has 0 bridgehead atoms. The van der Waals surface area contributed by atoms with Crippen molar-refractivity contribution in [1.29, 1.82) is 0 Å². The van der Waals surface area contributed by atoms with Crippen molar-refractivity contribution >= 4 is 46.2 Å². The molecule has 5 rings (SSSR count). The number of halogens is 1. The number of aryl methyl sites for hydroxylation is 1. The molecular weight excluding hydrogens is 512 g/mol. The van der Waals surface area contributed by atoms with Crippen LogP contribution in [0.2, 0.25) is 5.02 Å². The zero-order chi connectivity index (χ0) is 26.4. The smallest absolute Gasteiger partial charge is 0.407 e. The highest BCUT2D eigenvalue weighted by Crippen LogP contribution is 2.43. The van der Waals surface area contributed by atoms with E-state index in [4.69, 9.17) is 26.1 Å². The van der Waals surface area contributed by atoms with Crippen molar-refractivity contribution in [1.82, 2.24) is 25.1 Å². The molecule has 37 heavy (non-hydrogen) atoms. The van der Waals surface area contributed by atoms with Crippen molar-refractivity contribution in [3.05, 3.63) is 35.7 Å². The summed E-state index contributed by atoms with van der Waals surface area (Å²) in [6, 6.07) is 3.85. The van der Waals surface area contributed by atoms with Gasteiger partial charge in [0.25, 0.3) is 0 Å². The number of fused-ring (bicyclic) bond motifs is 1. The Morgan fingerprint density at radius 1 is 1.24 bits per heavy atom. The van der Waals surface area contributed by atoms with Crippen LogP contribution in [0.3, 0.4) is 0 Å². The molecule has 1 aromatic carbocycles. The number of nitrogens with zero attached hydrogens (tertiary/aromatic N) is 5. The van der Waals surface area contributed by atoms with Crippen LogP contribution >= 0.6 is 23.4 Å². The van der Waals surface area contributed by atoms with E-state index < -0.39 is 11.7 Å². The lowest BCUT2D eigenvalue weighted by atomic mass is 9.73. The zero-order valence-electron chi connectivity index (χ0n) is 21.8. The van der Waals surface area contributed by atoms with Crippen molar-refractivity contribution in [2.45, 2.75) is 68.2 Å². The van der Waals surface area contributed by atoms with Crippen molar-refractivity contribution in [2.24, 2.45) is 12.5 Å². The molecule has 198 valence electrons. The van der Waals surface area contributed by atoms with Gasteiger partial charge in [-0.2, -0.15) is 5.10 Å². The van der Waals surface area contributed by atoms with E-state index in [1.807, 2.05) is 59.3 Å². The number of rotatable bonds is 4. The third-order valence-corrected chi connectivity index (χ3v) is 8.55. The minimum absolute atomic E-state index is 0.0621. The van der Waals surface area contributed by atoms with Crippen LogP contribution in [0.1, 0.15) is 40.5 Å². The number of carbonyl (C=O) groups is 1. The van der Waals surface area contributed by atoms with Gasteiger partial charge >= 0.3 is 6.09 Å². The number of anilines is 1. The average molecular weight is 545 g/mol. The van der Waals surface area contributed by atoms with Crippen LogP contribution < -0.4 is 10.2 Å². The first-order valence-electron chi connectivity index (χ1n) is 12.5. The van der Waals surface area contributed by atoms with E-state index in [9.17, 15) is 4.79 Å². The highest BCUT2D eigenvalue weighted by atomic mass is 35.5. The number of aromatic nitrogens is 4. The fourth-order valence-corrected chi connectivity index (χ4v) is 6.29. The van der Waals surface area contributed by atoms with E-state index in [1.54, 1.807) is 10.9 Å².